The van der Waals surface area contributed by atoms with Crippen molar-refractivity contribution in [1.82, 2.24) is 15.4 Å². The summed E-state index contributed by atoms with van der Waals surface area (Å²) in [7, 11) is 0. The second-order valence-electron chi connectivity index (χ2n) is 9.04. The minimum absolute atomic E-state index is 0.231. The van der Waals surface area contributed by atoms with Gasteiger partial charge < -0.3 is 14.2 Å². The summed E-state index contributed by atoms with van der Waals surface area (Å²) in [6.45, 7) is 6.82. The fourth-order valence-corrected chi connectivity index (χ4v) is 4.23. The Kier molecular flexibility index (Phi) is 5.26. The van der Waals surface area contributed by atoms with Crippen LogP contribution in [-0.4, -0.2) is 46.7 Å². The Morgan fingerprint density at radius 1 is 1.20 bits per heavy atom. The highest BCUT2D eigenvalue weighted by Gasteiger charge is 2.33. The minimum Gasteiger partial charge on any atom is -0.444 e. The van der Waals surface area contributed by atoms with Gasteiger partial charge in [-0.15, -0.1) is 0 Å². The average Bonchev–Trinajstić information content (AvgIpc) is 3.11. The maximum atomic E-state index is 12.3. The van der Waals surface area contributed by atoms with Crippen molar-refractivity contribution in [1.29, 1.82) is 0 Å². The van der Waals surface area contributed by atoms with Gasteiger partial charge in [-0.3, -0.25) is 14.9 Å². The monoisotopic (exact) mass is 413 g/mol. The maximum Gasteiger partial charge on any atom is 0.410 e. The highest BCUT2D eigenvalue weighted by molar-refractivity contribution is 6.02. The molecule has 1 aromatic heterocycles. The van der Waals surface area contributed by atoms with Crippen LogP contribution in [0.25, 0.3) is 11.0 Å². The van der Waals surface area contributed by atoms with Crippen molar-refractivity contribution < 1.29 is 23.6 Å². The van der Waals surface area contributed by atoms with Gasteiger partial charge in [0, 0.05) is 30.5 Å². The SMILES string of the molecule is CC(C)(C)OC(=O)N1CCC(c2cccc3c(C4CCC(=O)NC4=O)noc23)CC1. The lowest BCUT2D eigenvalue weighted by Crippen LogP contribution is -2.41. The predicted molar refractivity (Wildman–Crippen MR) is 109 cm³/mol. The Labute approximate surface area is 174 Å². The molecule has 1 unspecified atom stereocenters. The summed E-state index contributed by atoms with van der Waals surface area (Å²) in [4.78, 5) is 37.8. The fourth-order valence-electron chi connectivity index (χ4n) is 4.23. The molecule has 0 spiro atoms. The molecule has 8 heteroatoms. The van der Waals surface area contributed by atoms with Crippen molar-refractivity contribution in [3.05, 3.63) is 29.5 Å². The maximum absolute atomic E-state index is 12.3. The second kappa shape index (κ2) is 7.74. The number of imide groups is 1. The Bertz CT molecular complexity index is 982. The van der Waals surface area contributed by atoms with E-state index < -0.39 is 11.5 Å². The molecular weight excluding hydrogens is 386 g/mol. The van der Waals surface area contributed by atoms with E-state index in [0.717, 1.165) is 23.8 Å². The van der Waals surface area contributed by atoms with Crippen LogP contribution in [0.15, 0.2) is 22.7 Å². The van der Waals surface area contributed by atoms with Crippen molar-refractivity contribution in [2.75, 3.05) is 13.1 Å². The summed E-state index contributed by atoms with van der Waals surface area (Å²) in [6, 6.07) is 5.88. The number of carbonyl (C=O) groups is 3. The largest absolute Gasteiger partial charge is 0.444 e. The number of hydrogen-bond donors (Lipinski definition) is 1. The Morgan fingerprint density at radius 3 is 2.60 bits per heavy atom. The first kappa shape index (κ1) is 20.4. The molecule has 0 bridgehead atoms. The number of rotatable bonds is 2. The van der Waals surface area contributed by atoms with Crippen LogP contribution in [-0.2, 0) is 14.3 Å². The third-order valence-corrected chi connectivity index (χ3v) is 5.71. The van der Waals surface area contributed by atoms with Gasteiger partial charge in [-0.1, -0.05) is 17.3 Å². The molecule has 30 heavy (non-hydrogen) atoms. The number of piperidine rings is 2. The molecule has 2 aromatic rings. The van der Waals surface area contributed by atoms with Gasteiger partial charge in [-0.05, 0) is 52.0 Å². The van der Waals surface area contributed by atoms with Crippen LogP contribution >= 0.6 is 0 Å². The number of para-hydroxylation sites is 1. The number of amides is 3. The van der Waals surface area contributed by atoms with E-state index in [0.29, 0.717) is 37.2 Å². The third-order valence-electron chi connectivity index (χ3n) is 5.71. The van der Waals surface area contributed by atoms with Gasteiger partial charge in [0.25, 0.3) is 0 Å². The normalized spacial score (nSPS) is 21.0. The van der Waals surface area contributed by atoms with Crippen LogP contribution in [0.5, 0.6) is 0 Å². The third kappa shape index (κ3) is 4.04. The summed E-state index contributed by atoms with van der Waals surface area (Å²) in [6.07, 6.45) is 2.05. The van der Waals surface area contributed by atoms with E-state index in [-0.39, 0.29) is 23.8 Å². The van der Waals surface area contributed by atoms with E-state index in [1.54, 1.807) is 4.90 Å². The molecule has 0 saturated carbocycles. The number of ether oxygens (including phenoxy) is 1. The van der Waals surface area contributed by atoms with Crippen LogP contribution in [0.3, 0.4) is 0 Å². The summed E-state index contributed by atoms with van der Waals surface area (Å²) >= 11 is 0. The van der Waals surface area contributed by atoms with Crippen molar-refractivity contribution in [2.45, 2.75) is 63.9 Å². The molecule has 2 fully saturated rings. The standard InChI is InChI=1S/C22H27N3O5/c1-22(2,3)29-21(28)25-11-9-13(10-12-25)14-5-4-6-15-18(24-30-19(14)15)16-7-8-17(26)23-20(16)27/h4-6,13,16H,7-12H2,1-3H3,(H,23,26,27). The number of hydrogen-bond acceptors (Lipinski definition) is 6. The molecule has 3 amide bonds. The highest BCUT2D eigenvalue weighted by Crippen LogP contribution is 2.37. The number of nitrogens with zero attached hydrogens (tertiary/aromatic N) is 2. The van der Waals surface area contributed by atoms with E-state index in [2.05, 4.69) is 10.5 Å². The topological polar surface area (TPSA) is 102 Å². The van der Waals surface area contributed by atoms with Crippen molar-refractivity contribution in [2.24, 2.45) is 0 Å². The van der Waals surface area contributed by atoms with E-state index in [1.807, 2.05) is 39.0 Å². The van der Waals surface area contributed by atoms with E-state index in [9.17, 15) is 14.4 Å². The quantitative estimate of drug-likeness (QED) is 0.757. The Morgan fingerprint density at radius 2 is 1.93 bits per heavy atom. The molecule has 2 aliphatic heterocycles. The van der Waals surface area contributed by atoms with Crippen molar-refractivity contribution in [3.8, 4) is 0 Å². The molecule has 2 aliphatic rings. The average molecular weight is 413 g/mol. The summed E-state index contributed by atoms with van der Waals surface area (Å²) in [5.41, 5.74) is 1.81. The molecule has 2 saturated heterocycles. The number of likely N-dealkylation sites (tertiary alicyclic amines) is 1. The van der Waals surface area contributed by atoms with Gasteiger partial charge in [0.1, 0.15) is 11.3 Å². The fraction of sp³-hybridized carbons (Fsp3) is 0.545. The lowest BCUT2D eigenvalue weighted by Gasteiger charge is -2.33. The second-order valence-corrected chi connectivity index (χ2v) is 9.04. The zero-order valence-electron chi connectivity index (χ0n) is 17.6. The van der Waals surface area contributed by atoms with Crippen LogP contribution in [0, 0.1) is 0 Å². The van der Waals surface area contributed by atoms with Crippen molar-refractivity contribution in [3.63, 3.8) is 0 Å². The van der Waals surface area contributed by atoms with E-state index in [1.165, 1.54) is 0 Å². The lowest BCUT2D eigenvalue weighted by molar-refractivity contribution is -0.134. The smallest absolute Gasteiger partial charge is 0.410 e. The summed E-state index contributed by atoms with van der Waals surface area (Å²) in [5.74, 6) is -0.817. The molecule has 8 nitrogen and oxygen atoms in total. The lowest BCUT2D eigenvalue weighted by atomic mass is 9.87. The first-order chi connectivity index (χ1) is 14.2. The molecule has 0 aliphatic carbocycles. The van der Waals surface area contributed by atoms with Gasteiger partial charge in [0.15, 0.2) is 5.58 Å². The zero-order valence-corrected chi connectivity index (χ0v) is 17.6. The summed E-state index contributed by atoms with van der Waals surface area (Å²) in [5, 5.41) is 7.40. The zero-order chi connectivity index (χ0) is 21.5. The molecular formula is C22H27N3O5. The Balaban J connectivity index is 1.51. The number of benzene rings is 1. The first-order valence-corrected chi connectivity index (χ1v) is 10.4. The highest BCUT2D eigenvalue weighted by atomic mass is 16.6. The molecule has 160 valence electrons. The summed E-state index contributed by atoms with van der Waals surface area (Å²) < 4.78 is 11.2. The van der Waals surface area contributed by atoms with Gasteiger partial charge in [0.05, 0.1) is 5.92 Å². The van der Waals surface area contributed by atoms with Crippen LogP contribution < -0.4 is 5.32 Å². The molecule has 4 rings (SSSR count). The predicted octanol–water partition coefficient (Wildman–Crippen LogP) is 3.46. The molecule has 1 aromatic carbocycles. The van der Waals surface area contributed by atoms with E-state index in [4.69, 9.17) is 9.26 Å². The van der Waals surface area contributed by atoms with Crippen LogP contribution in [0.2, 0.25) is 0 Å². The first-order valence-electron chi connectivity index (χ1n) is 10.4. The van der Waals surface area contributed by atoms with Crippen LogP contribution in [0.4, 0.5) is 4.79 Å². The Hall–Kier alpha value is -2.90. The number of fused-ring (bicyclic) bond motifs is 1. The number of nitrogens with one attached hydrogen (secondary N) is 1. The number of aromatic nitrogens is 1. The number of carbonyl (C=O) groups excluding carboxylic acids is 3. The molecule has 1 atom stereocenters. The van der Waals surface area contributed by atoms with Gasteiger partial charge in [-0.2, -0.15) is 0 Å². The van der Waals surface area contributed by atoms with Crippen molar-refractivity contribution >= 4 is 28.9 Å². The molecule has 1 N–H and O–H groups in total. The minimum atomic E-state index is -0.508. The molecule has 3 heterocycles. The van der Waals surface area contributed by atoms with E-state index >= 15 is 0 Å². The van der Waals surface area contributed by atoms with Crippen LogP contribution in [0.1, 0.15) is 69.5 Å². The van der Waals surface area contributed by atoms with Gasteiger partial charge in [0.2, 0.25) is 11.8 Å². The van der Waals surface area contributed by atoms with Gasteiger partial charge >= 0.3 is 6.09 Å². The molecule has 0 radical (unpaired) electrons. The van der Waals surface area contributed by atoms with Gasteiger partial charge in [-0.25, -0.2) is 4.79 Å².